The summed E-state index contributed by atoms with van der Waals surface area (Å²) in [6, 6.07) is -0.269. The molecule has 3 aliphatic heterocycles. The number of carbonyl (C=O) groups is 1. The number of amidine groups is 1. The van der Waals surface area contributed by atoms with E-state index < -0.39 is 5.97 Å². The zero-order chi connectivity index (χ0) is 13.5. The number of carboxylic acid groups (broad SMARTS) is 1. The van der Waals surface area contributed by atoms with Gasteiger partial charge < -0.3 is 15.3 Å². The number of hydrogen-bond acceptors (Lipinski definition) is 4. The van der Waals surface area contributed by atoms with Gasteiger partial charge in [0.1, 0.15) is 6.04 Å². The van der Waals surface area contributed by atoms with E-state index >= 15 is 0 Å². The predicted octanol–water partition coefficient (Wildman–Crippen LogP) is 1.49. The van der Waals surface area contributed by atoms with Crippen LogP contribution in [0.5, 0.6) is 0 Å². The minimum atomic E-state index is -0.720. The zero-order valence-electron chi connectivity index (χ0n) is 11.6. The number of carboxylic acids is 1. The van der Waals surface area contributed by atoms with Crippen molar-refractivity contribution in [3.05, 3.63) is 0 Å². The van der Waals surface area contributed by atoms with E-state index in [1.165, 1.54) is 51.0 Å². The van der Waals surface area contributed by atoms with Crippen LogP contribution < -0.4 is 5.32 Å². The smallest absolute Gasteiger partial charge is 0.320 e. The van der Waals surface area contributed by atoms with Gasteiger partial charge in [0.15, 0.2) is 0 Å². The summed E-state index contributed by atoms with van der Waals surface area (Å²) < 4.78 is 0. The third-order valence-corrected chi connectivity index (χ3v) is 3.93. The van der Waals surface area contributed by atoms with Crippen LogP contribution in [0.15, 0.2) is 4.99 Å². The summed E-state index contributed by atoms with van der Waals surface area (Å²) in [4.78, 5) is 17.2. The second-order valence-corrected chi connectivity index (χ2v) is 5.44. The standard InChI is InChI=1S/C9H16N2.C5H9NO2/c1-2-5-9-10-6-4-8-11(9)7-3-1;7-5(8)4-2-1-3-6-4/h1-8H2;4,6H,1-3H2,(H,7,8)/t;4-/m.0/s1. The average molecular weight is 267 g/mol. The largest absolute Gasteiger partial charge is 0.480 e. The van der Waals surface area contributed by atoms with Gasteiger partial charge in [0, 0.05) is 26.1 Å². The molecule has 2 saturated heterocycles. The van der Waals surface area contributed by atoms with Gasteiger partial charge in [0.25, 0.3) is 0 Å². The molecular weight excluding hydrogens is 242 g/mol. The Hall–Kier alpha value is -1.10. The first-order valence-corrected chi connectivity index (χ1v) is 7.52. The SMILES string of the molecule is C1CCC2=NCCCN2CC1.O=C(O)[C@@H]1CCCN1. The van der Waals surface area contributed by atoms with Gasteiger partial charge in [-0.05, 0) is 38.6 Å². The Morgan fingerprint density at radius 2 is 2.05 bits per heavy atom. The summed E-state index contributed by atoms with van der Waals surface area (Å²) >= 11 is 0. The van der Waals surface area contributed by atoms with Crippen molar-refractivity contribution in [2.45, 2.75) is 51.0 Å². The maximum absolute atomic E-state index is 10.1. The molecule has 0 spiro atoms. The number of hydrogen-bond donors (Lipinski definition) is 2. The van der Waals surface area contributed by atoms with E-state index in [4.69, 9.17) is 5.11 Å². The Morgan fingerprint density at radius 1 is 1.21 bits per heavy atom. The Balaban J connectivity index is 0.000000148. The molecule has 0 aromatic carbocycles. The highest BCUT2D eigenvalue weighted by molar-refractivity contribution is 5.83. The van der Waals surface area contributed by atoms with Crippen molar-refractivity contribution in [3.63, 3.8) is 0 Å². The molecular formula is C14H25N3O2. The lowest BCUT2D eigenvalue weighted by atomic mass is 10.2. The van der Waals surface area contributed by atoms with Crippen LogP contribution in [-0.2, 0) is 4.79 Å². The lowest BCUT2D eigenvalue weighted by Crippen LogP contribution is -2.34. The molecule has 0 aromatic heterocycles. The van der Waals surface area contributed by atoms with Crippen LogP contribution in [0.25, 0.3) is 0 Å². The summed E-state index contributed by atoms with van der Waals surface area (Å²) in [5, 5.41) is 11.2. The van der Waals surface area contributed by atoms with Crippen LogP contribution in [0, 0.1) is 0 Å². The minimum absolute atomic E-state index is 0.269. The first-order chi connectivity index (χ1) is 9.27. The molecule has 5 heteroatoms. The van der Waals surface area contributed by atoms with E-state index in [9.17, 15) is 4.79 Å². The van der Waals surface area contributed by atoms with Crippen LogP contribution in [0.1, 0.15) is 44.9 Å². The molecule has 0 amide bonds. The summed E-state index contributed by atoms with van der Waals surface area (Å²) in [5.41, 5.74) is 0. The van der Waals surface area contributed by atoms with E-state index in [2.05, 4.69) is 15.2 Å². The maximum atomic E-state index is 10.1. The van der Waals surface area contributed by atoms with Crippen LogP contribution >= 0.6 is 0 Å². The Bertz CT molecular complexity index is 325. The first kappa shape index (κ1) is 14.3. The Labute approximate surface area is 115 Å². The van der Waals surface area contributed by atoms with Crippen LogP contribution in [0.2, 0.25) is 0 Å². The average Bonchev–Trinajstić information content (AvgIpc) is 2.85. The number of fused-ring (bicyclic) bond motifs is 1. The summed E-state index contributed by atoms with van der Waals surface area (Å²) in [6.45, 7) is 4.46. The maximum Gasteiger partial charge on any atom is 0.320 e. The van der Waals surface area contributed by atoms with E-state index in [0.717, 1.165) is 25.9 Å². The van der Waals surface area contributed by atoms with Gasteiger partial charge in [0.2, 0.25) is 0 Å². The molecule has 3 heterocycles. The highest BCUT2D eigenvalue weighted by atomic mass is 16.4. The van der Waals surface area contributed by atoms with Crippen molar-refractivity contribution in [2.75, 3.05) is 26.2 Å². The van der Waals surface area contributed by atoms with Gasteiger partial charge in [-0.1, -0.05) is 6.42 Å². The van der Waals surface area contributed by atoms with Crippen molar-refractivity contribution < 1.29 is 9.90 Å². The molecule has 0 bridgehead atoms. The van der Waals surface area contributed by atoms with Gasteiger partial charge in [-0.25, -0.2) is 0 Å². The van der Waals surface area contributed by atoms with Gasteiger partial charge in [-0.3, -0.25) is 9.79 Å². The van der Waals surface area contributed by atoms with Crippen molar-refractivity contribution in [3.8, 4) is 0 Å². The van der Waals surface area contributed by atoms with Gasteiger partial charge in [-0.2, -0.15) is 0 Å². The van der Waals surface area contributed by atoms with Crippen molar-refractivity contribution in [2.24, 2.45) is 4.99 Å². The van der Waals surface area contributed by atoms with E-state index in [-0.39, 0.29) is 6.04 Å². The molecule has 3 aliphatic rings. The second kappa shape index (κ2) is 7.48. The third-order valence-electron chi connectivity index (χ3n) is 3.93. The van der Waals surface area contributed by atoms with Gasteiger partial charge in [0.05, 0.1) is 5.84 Å². The molecule has 2 N–H and O–H groups in total. The summed E-state index contributed by atoms with van der Waals surface area (Å²) in [5.74, 6) is 0.677. The second-order valence-electron chi connectivity index (χ2n) is 5.44. The van der Waals surface area contributed by atoms with E-state index in [0.29, 0.717) is 0 Å². The number of nitrogens with zero attached hydrogens (tertiary/aromatic N) is 2. The van der Waals surface area contributed by atoms with Crippen LogP contribution in [-0.4, -0.2) is 54.0 Å². The molecule has 1 atom stereocenters. The minimum Gasteiger partial charge on any atom is -0.480 e. The normalized spacial score (nSPS) is 26.6. The van der Waals surface area contributed by atoms with Crippen LogP contribution in [0.3, 0.4) is 0 Å². The van der Waals surface area contributed by atoms with Crippen molar-refractivity contribution in [1.82, 2.24) is 10.2 Å². The Kier molecular flexibility index (Phi) is 5.63. The lowest BCUT2D eigenvalue weighted by molar-refractivity contribution is -0.139. The number of rotatable bonds is 1. The number of nitrogens with one attached hydrogen (secondary N) is 1. The summed E-state index contributed by atoms with van der Waals surface area (Å²) in [6.07, 6.45) is 8.42. The zero-order valence-corrected chi connectivity index (χ0v) is 11.6. The highest BCUT2D eigenvalue weighted by Gasteiger charge is 2.20. The molecule has 0 radical (unpaired) electrons. The fourth-order valence-electron chi connectivity index (χ4n) is 2.83. The fourth-order valence-corrected chi connectivity index (χ4v) is 2.83. The predicted molar refractivity (Wildman–Crippen MR) is 75.6 cm³/mol. The Morgan fingerprint density at radius 3 is 2.74 bits per heavy atom. The molecule has 2 fully saturated rings. The van der Waals surface area contributed by atoms with Gasteiger partial charge >= 0.3 is 5.97 Å². The molecule has 0 aromatic rings. The first-order valence-electron chi connectivity index (χ1n) is 7.52. The molecule has 108 valence electrons. The molecule has 0 unspecified atom stereocenters. The topological polar surface area (TPSA) is 64.9 Å². The molecule has 0 aliphatic carbocycles. The quantitative estimate of drug-likeness (QED) is 0.755. The third kappa shape index (κ3) is 4.49. The molecule has 0 saturated carbocycles. The monoisotopic (exact) mass is 267 g/mol. The van der Waals surface area contributed by atoms with Crippen molar-refractivity contribution in [1.29, 1.82) is 0 Å². The van der Waals surface area contributed by atoms with E-state index in [1.807, 2.05) is 0 Å². The van der Waals surface area contributed by atoms with Crippen molar-refractivity contribution >= 4 is 11.8 Å². The van der Waals surface area contributed by atoms with Crippen LogP contribution in [0.4, 0.5) is 0 Å². The fraction of sp³-hybridized carbons (Fsp3) is 0.857. The number of aliphatic imine (C=N–C) groups is 1. The van der Waals surface area contributed by atoms with Gasteiger partial charge in [-0.15, -0.1) is 0 Å². The van der Waals surface area contributed by atoms with E-state index in [1.54, 1.807) is 0 Å². The number of aliphatic carboxylic acids is 1. The molecule has 3 rings (SSSR count). The molecule has 5 nitrogen and oxygen atoms in total. The highest BCUT2D eigenvalue weighted by Crippen LogP contribution is 2.15. The summed E-state index contributed by atoms with van der Waals surface area (Å²) in [7, 11) is 0. The lowest BCUT2D eigenvalue weighted by Gasteiger charge is -2.27. The molecule has 19 heavy (non-hydrogen) atoms.